The first kappa shape index (κ1) is 17.0. The zero-order valence-electron chi connectivity index (χ0n) is 10.4. The van der Waals surface area contributed by atoms with Gasteiger partial charge >= 0.3 is 0 Å². The van der Waals surface area contributed by atoms with Crippen molar-refractivity contribution in [3.63, 3.8) is 0 Å². The second-order valence-corrected chi connectivity index (χ2v) is 8.51. The molecule has 3 nitrogen and oxygen atoms in total. The van der Waals surface area contributed by atoms with E-state index in [1.54, 1.807) is 0 Å². The summed E-state index contributed by atoms with van der Waals surface area (Å²) in [6.45, 7) is 2.77. The Kier molecular flexibility index (Phi) is 6.18. The molecule has 2 rings (SSSR count). The number of nitrogens with zero attached hydrogens (tertiary/aromatic N) is 1. The Morgan fingerprint density at radius 1 is 1.25 bits per heavy atom. The summed E-state index contributed by atoms with van der Waals surface area (Å²) in [5.74, 6) is -0.0883. The summed E-state index contributed by atoms with van der Waals surface area (Å²) in [4.78, 5) is 12.4. The summed E-state index contributed by atoms with van der Waals surface area (Å²) in [6.07, 6.45) is 1.92. The summed E-state index contributed by atoms with van der Waals surface area (Å²) in [5, 5.41) is 3.01. The molecule has 0 bridgehead atoms. The number of rotatable bonds is 3. The summed E-state index contributed by atoms with van der Waals surface area (Å²) >= 11 is 10.2. The molecule has 0 saturated heterocycles. The normalized spacial score (nSPS) is 10.7. The van der Waals surface area contributed by atoms with Crippen LogP contribution in [0.3, 0.4) is 0 Å². The van der Waals surface area contributed by atoms with Crippen molar-refractivity contribution < 1.29 is 4.79 Å². The molecular weight excluding hydrogens is 661 g/mol. The number of anilines is 1. The maximum absolute atomic E-state index is 12.4. The van der Waals surface area contributed by atoms with Crippen LogP contribution in [0.1, 0.15) is 17.4 Å². The summed E-state index contributed by atoms with van der Waals surface area (Å²) in [7, 11) is 0. The van der Waals surface area contributed by atoms with Crippen LogP contribution in [0.25, 0.3) is 0 Å². The van der Waals surface area contributed by atoms with Crippen LogP contribution in [0.15, 0.2) is 28.9 Å². The highest BCUT2D eigenvalue weighted by molar-refractivity contribution is 14.1. The molecule has 0 atom stereocenters. The van der Waals surface area contributed by atoms with Crippen molar-refractivity contribution >= 4 is 95.3 Å². The largest absolute Gasteiger partial charge is 0.343 e. The van der Waals surface area contributed by atoms with Crippen LogP contribution >= 0.6 is 83.7 Å². The smallest absolute Gasteiger partial charge is 0.272 e. The van der Waals surface area contributed by atoms with Gasteiger partial charge in [0.1, 0.15) is 5.69 Å². The Morgan fingerprint density at radius 2 is 1.85 bits per heavy atom. The van der Waals surface area contributed by atoms with E-state index in [-0.39, 0.29) is 5.91 Å². The van der Waals surface area contributed by atoms with Gasteiger partial charge in [-0.1, -0.05) is 0 Å². The van der Waals surface area contributed by atoms with Crippen LogP contribution in [0.4, 0.5) is 5.69 Å². The van der Waals surface area contributed by atoms with Gasteiger partial charge in [0.25, 0.3) is 5.91 Å². The fourth-order valence-electron chi connectivity index (χ4n) is 1.77. The van der Waals surface area contributed by atoms with E-state index in [9.17, 15) is 4.79 Å². The second-order valence-electron chi connectivity index (χ2n) is 4.03. The minimum absolute atomic E-state index is 0.0883. The molecule has 0 aliphatic rings. The number of hydrogen-bond donors (Lipinski definition) is 1. The lowest BCUT2D eigenvalue weighted by atomic mass is 10.3. The number of amides is 1. The summed E-state index contributed by atoms with van der Waals surface area (Å²) < 4.78 is 6.08. The SMILES string of the molecule is CCn1cc(Br)cc1C(=O)Nc1c(I)cc(I)cc1I. The first-order valence-electron chi connectivity index (χ1n) is 5.74. The average molecular weight is 671 g/mol. The number of aryl methyl sites for hydroxylation is 1. The molecule has 0 aliphatic heterocycles. The van der Waals surface area contributed by atoms with Gasteiger partial charge < -0.3 is 9.88 Å². The van der Waals surface area contributed by atoms with Crippen molar-refractivity contribution in [1.29, 1.82) is 0 Å². The maximum Gasteiger partial charge on any atom is 0.272 e. The molecule has 1 N–H and O–H groups in total. The number of halogens is 4. The molecule has 0 saturated carbocycles. The Labute approximate surface area is 166 Å². The third-order valence-corrected chi connectivity index (χ3v) is 5.44. The lowest BCUT2D eigenvalue weighted by Gasteiger charge is -2.11. The van der Waals surface area contributed by atoms with Gasteiger partial charge in [0.15, 0.2) is 0 Å². The number of hydrogen-bond acceptors (Lipinski definition) is 1. The molecule has 1 aromatic heterocycles. The average Bonchev–Trinajstić information content (AvgIpc) is 2.75. The lowest BCUT2D eigenvalue weighted by Crippen LogP contribution is -2.17. The molecular formula is C13H10BrI3N2O. The fourth-order valence-corrected chi connectivity index (χ4v) is 6.08. The van der Waals surface area contributed by atoms with Crippen molar-refractivity contribution in [2.75, 3.05) is 5.32 Å². The van der Waals surface area contributed by atoms with E-state index in [1.807, 2.05) is 35.9 Å². The molecule has 1 heterocycles. The van der Waals surface area contributed by atoms with Gasteiger partial charge in [-0.2, -0.15) is 0 Å². The van der Waals surface area contributed by atoms with Gasteiger partial charge in [0, 0.05) is 27.9 Å². The number of nitrogens with one attached hydrogen (secondary N) is 1. The van der Waals surface area contributed by atoms with Crippen LogP contribution < -0.4 is 5.32 Å². The number of benzene rings is 1. The van der Waals surface area contributed by atoms with Crippen molar-refractivity contribution in [2.45, 2.75) is 13.5 Å². The van der Waals surface area contributed by atoms with Gasteiger partial charge in [-0.05, 0) is 109 Å². The zero-order chi connectivity index (χ0) is 14.9. The first-order valence-corrected chi connectivity index (χ1v) is 9.77. The highest BCUT2D eigenvalue weighted by Crippen LogP contribution is 2.28. The van der Waals surface area contributed by atoms with Crippen molar-refractivity contribution in [3.8, 4) is 0 Å². The molecule has 0 unspecified atom stereocenters. The lowest BCUT2D eigenvalue weighted by molar-refractivity contribution is 0.101. The van der Waals surface area contributed by atoms with Crippen LogP contribution in [0.5, 0.6) is 0 Å². The number of carbonyl (C=O) groups is 1. The first-order chi connectivity index (χ1) is 9.42. The molecule has 7 heteroatoms. The third-order valence-electron chi connectivity index (χ3n) is 2.68. The molecule has 1 amide bonds. The minimum Gasteiger partial charge on any atom is -0.343 e. The standard InChI is InChI=1S/C13H10BrI3N2O/c1-2-19-6-7(14)3-11(19)13(20)18-12-9(16)4-8(15)5-10(12)17/h3-6H,2H2,1H3,(H,18,20). The van der Waals surface area contributed by atoms with Crippen molar-refractivity contribution in [3.05, 3.63) is 45.3 Å². The molecule has 0 aliphatic carbocycles. The predicted octanol–water partition coefficient (Wildman–Crippen LogP) is 5.34. The zero-order valence-corrected chi connectivity index (χ0v) is 18.4. The van der Waals surface area contributed by atoms with E-state index >= 15 is 0 Å². The molecule has 2 aromatic rings. The fraction of sp³-hybridized carbons (Fsp3) is 0.154. The topological polar surface area (TPSA) is 34.0 Å². The van der Waals surface area contributed by atoms with Crippen molar-refractivity contribution in [2.24, 2.45) is 0 Å². The highest BCUT2D eigenvalue weighted by Gasteiger charge is 2.15. The van der Waals surface area contributed by atoms with Gasteiger partial charge in [-0.3, -0.25) is 4.79 Å². The van der Waals surface area contributed by atoms with Crippen molar-refractivity contribution in [1.82, 2.24) is 4.57 Å². The maximum atomic E-state index is 12.4. The van der Waals surface area contributed by atoms with Gasteiger partial charge in [-0.15, -0.1) is 0 Å². The quantitative estimate of drug-likeness (QED) is 0.440. The minimum atomic E-state index is -0.0883. The van der Waals surface area contributed by atoms with Crippen LogP contribution in [0, 0.1) is 10.7 Å². The Bertz CT molecular complexity index is 647. The molecule has 1 aromatic carbocycles. The van der Waals surface area contributed by atoms with Gasteiger partial charge in [0.05, 0.1) is 5.69 Å². The Hall–Kier alpha value is 0.640. The third kappa shape index (κ3) is 3.88. The van der Waals surface area contributed by atoms with Crippen LogP contribution in [-0.4, -0.2) is 10.5 Å². The molecule has 0 fully saturated rings. The molecule has 0 spiro atoms. The molecule has 106 valence electrons. The molecule has 0 radical (unpaired) electrons. The van der Waals surface area contributed by atoms with E-state index in [0.717, 1.165) is 27.4 Å². The highest BCUT2D eigenvalue weighted by atomic mass is 127. The van der Waals surface area contributed by atoms with E-state index in [4.69, 9.17) is 0 Å². The van der Waals surface area contributed by atoms with Gasteiger partial charge in [-0.25, -0.2) is 0 Å². The number of carbonyl (C=O) groups excluding carboxylic acids is 1. The number of aromatic nitrogens is 1. The van der Waals surface area contributed by atoms with E-state index in [0.29, 0.717) is 5.69 Å². The van der Waals surface area contributed by atoms with E-state index in [2.05, 4.69) is 89.0 Å². The van der Waals surface area contributed by atoms with E-state index < -0.39 is 0 Å². The Morgan fingerprint density at radius 3 is 2.40 bits per heavy atom. The van der Waals surface area contributed by atoms with Gasteiger partial charge in [0.2, 0.25) is 0 Å². The Balaban J connectivity index is 2.32. The van der Waals surface area contributed by atoms with Crippen LogP contribution in [0.2, 0.25) is 0 Å². The summed E-state index contributed by atoms with van der Waals surface area (Å²) in [6, 6.07) is 5.94. The van der Waals surface area contributed by atoms with Crippen LogP contribution in [-0.2, 0) is 6.54 Å². The monoisotopic (exact) mass is 670 g/mol. The predicted molar refractivity (Wildman–Crippen MR) is 110 cm³/mol. The second kappa shape index (κ2) is 7.27. The summed E-state index contributed by atoms with van der Waals surface area (Å²) in [5.41, 5.74) is 1.53. The van der Waals surface area contributed by atoms with E-state index in [1.165, 1.54) is 0 Å². The molecule has 20 heavy (non-hydrogen) atoms.